The highest BCUT2D eigenvalue weighted by molar-refractivity contribution is 7.20. The van der Waals surface area contributed by atoms with Gasteiger partial charge in [0.1, 0.15) is 24.4 Å². The highest BCUT2D eigenvalue weighted by Crippen LogP contribution is 2.36. The number of anilines is 1. The number of rotatable bonds is 4. The van der Waals surface area contributed by atoms with Crippen LogP contribution in [0.1, 0.15) is 0 Å². The van der Waals surface area contributed by atoms with Gasteiger partial charge in [-0.25, -0.2) is 9.83 Å². The molecule has 0 radical (unpaired) electrons. The maximum Gasteiger partial charge on any atom is 0.280 e. The summed E-state index contributed by atoms with van der Waals surface area (Å²) in [6.45, 7) is 6.48. The van der Waals surface area contributed by atoms with E-state index in [0.717, 1.165) is 11.3 Å². The fourth-order valence-electron chi connectivity index (χ4n) is 2.00. The third-order valence-corrected chi connectivity index (χ3v) is 4.33. The lowest BCUT2D eigenvalue weighted by molar-refractivity contribution is -0.254. The van der Waals surface area contributed by atoms with Crippen LogP contribution in [0.3, 0.4) is 0 Å². The Morgan fingerprint density at radius 1 is 1.52 bits per heavy atom. The molecule has 8 nitrogen and oxygen atoms in total. The van der Waals surface area contributed by atoms with Gasteiger partial charge in [0.05, 0.1) is 13.2 Å². The standard InChI is InChI=1S/C11H14ClN3O5S/c1-13-9-8(12)15-11(21-9)14-5-7(18)6(17)4(3-16)20-10(5)19-2/h4-7,10,16-18H,3H2,2H3,(H,14,15)/t4-,5-,6+,7-,10+/m1/s1. The fraction of sp³-hybridized carbons (Fsp3) is 0.636. The molecule has 0 bridgehead atoms. The number of nitrogens with one attached hydrogen (secondary N) is 1. The van der Waals surface area contributed by atoms with Crippen LogP contribution in [0.4, 0.5) is 10.1 Å². The van der Waals surface area contributed by atoms with E-state index in [-0.39, 0.29) is 10.2 Å². The van der Waals surface area contributed by atoms with Crippen molar-refractivity contribution in [2.75, 3.05) is 19.0 Å². The number of ether oxygens (including phenoxy) is 2. The summed E-state index contributed by atoms with van der Waals surface area (Å²) in [5.41, 5.74) is 0. The van der Waals surface area contributed by atoms with Gasteiger partial charge < -0.3 is 30.1 Å². The van der Waals surface area contributed by atoms with Crippen molar-refractivity contribution < 1.29 is 24.8 Å². The van der Waals surface area contributed by atoms with E-state index >= 15 is 0 Å². The number of hydrogen-bond donors (Lipinski definition) is 4. The van der Waals surface area contributed by atoms with Crippen LogP contribution in [0.25, 0.3) is 4.85 Å². The van der Waals surface area contributed by atoms with Crippen molar-refractivity contribution in [1.82, 2.24) is 4.98 Å². The van der Waals surface area contributed by atoms with Gasteiger partial charge in [-0.15, -0.1) is 11.3 Å². The highest BCUT2D eigenvalue weighted by Gasteiger charge is 2.44. The number of aliphatic hydroxyl groups is 3. The fourth-order valence-corrected chi connectivity index (χ4v) is 2.99. The Balaban J connectivity index is 2.18. The molecule has 1 saturated heterocycles. The first-order valence-corrected chi connectivity index (χ1v) is 7.16. The van der Waals surface area contributed by atoms with Gasteiger partial charge in [-0.05, 0) is 0 Å². The maximum absolute atomic E-state index is 10.1. The van der Waals surface area contributed by atoms with E-state index in [1.54, 1.807) is 0 Å². The minimum atomic E-state index is -1.28. The summed E-state index contributed by atoms with van der Waals surface area (Å²) in [7, 11) is 1.37. The minimum Gasteiger partial charge on any atom is -0.394 e. The molecule has 0 saturated carbocycles. The van der Waals surface area contributed by atoms with Crippen molar-refractivity contribution in [3.8, 4) is 0 Å². The average molecular weight is 336 g/mol. The number of methoxy groups -OCH3 is 1. The van der Waals surface area contributed by atoms with Crippen LogP contribution in [-0.4, -0.2) is 64.7 Å². The predicted octanol–water partition coefficient (Wildman–Crippen LogP) is 0.213. The second-order valence-corrected chi connectivity index (χ2v) is 5.67. The van der Waals surface area contributed by atoms with Gasteiger partial charge in [0.2, 0.25) is 0 Å². The quantitative estimate of drug-likeness (QED) is 0.583. The van der Waals surface area contributed by atoms with E-state index < -0.39 is 37.3 Å². The van der Waals surface area contributed by atoms with Gasteiger partial charge in [0.15, 0.2) is 16.6 Å². The van der Waals surface area contributed by atoms with Gasteiger partial charge in [-0.2, -0.15) is 0 Å². The van der Waals surface area contributed by atoms with Gasteiger partial charge in [-0.3, -0.25) is 0 Å². The molecule has 10 heteroatoms. The maximum atomic E-state index is 10.1. The lowest BCUT2D eigenvalue weighted by Crippen LogP contribution is -2.61. The zero-order valence-corrected chi connectivity index (χ0v) is 12.5. The van der Waals surface area contributed by atoms with Crippen molar-refractivity contribution >= 4 is 33.1 Å². The summed E-state index contributed by atoms with van der Waals surface area (Å²) in [4.78, 5) is 7.16. The Kier molecular flexibility index (Phi) is 5.34. The molecule has 21 heavy (non-hydrogen) atoms. The molecule has 2 heterocycles. The van der Waals surface area contributed by atoms with Crippen LogP contribution in [0.2, 0.25) is 5.15 Å². The molecule has 0 unspecified atom stereocenters. The number of hydrogen-bond acceptors (Lipinski definition) is 8. The van der Waals surface area contributed by atoms with Crippen molar-refractivity contribution in [3.63, 3.8) is 0 Å². The molecule has 0 aliphatic carbocycles. The summed E-state index contributed by atoms with van der Waals surface area (Å²) in [6.07, 6.45) is -4.38. The van der Waals surface area contributed by atoms with E-state index in [9.17, 15) is 10.2 Å². The third kappa shape index (κ3) is 3.27. The normalized spacial score (nSPS) is 32.7. The van der Waals surface area contributed by atoms with E-state index in [2.05, 4.69) is 15.1 Å². The Labute approximate surface area is 129 Å². The van der Waals surface area contributed by atoms with E-state index in [4.69, 9.17) is 32.8 Å². The van der Waals surface area contributed by atoms with Crippen molar-refractivity contribution in [3.05, 3.63) is 16.6 Å². The van der Waals surface area contributed by atoms with Crippen LogP contribution in [-0.2, 0) is 9.47 Å². The molecule has 1 fully saturated rings. The first-order valence-electron chi connectivity index (χ1n) is 5.97. The third-order valence-electron chi connectivity index (χ3n) is 3.07. The summed E-state index contributed by atoms with van der Waals surface area (Å²) in [5, 5.41) is 32.5. The Morgan fingerprint density at radius 2 is 2.24 bits per heavy atom. The molecular formula is C11H14ClN3O5S. The smallest absolute Gasteiger partial charge is 0.280 e. The Morgan fingerprint density at radius 3 is 2.76 bits per heavy atom. The van der Waals surface area contributed by atoms with Gasteiger partial charge in [0, 0.05) is 7.11 Å². The lowest BCUT2D eigenvalue weighted by atomic mass is 9.97. The number of aromatic nitrogens is 1. The number of aliphatic hydroxyl groups excluding tert-OH is 3. The summed E-state index contributed by atoms with van der Waals surface area (Å²) in [5.74, 6) is 0. The molecule has 0 spiro atoms. The lowest BCUT2D eigenvalue weighted by Gasteiger charge is -2.41. The molecule has 2 rings (SSSR count). The second-order valence-electron chi connectivity index (χ2n) is 4.34. The first-order chi connectivity index (χ1) is 10.0. The van der Waals surface area contributed by atoms with Gasteiger partial charge in [0.25, 0.3) is 5.00 Å². The summed E-state index contributed by atoms with van der Waals surface area (Å²) in [6, 6.07) is -0.825. The summed E-state index contributed by atoms with van der Waals surface area (Å²) >= 11 is 6.80. The second kappa shape index (κ2) is 6.85. The minimum absolute atomic E-state index is 0.0615. The Hall–Kier alpha value is -0.990. The molecule has 116 valence electrons. The zero-order chi connectivity index (χ0) is 15.6. The van der Waals surface area contributed by atoms with Crippen LogP contribution in [0, 0.1) is 6.57 Å². The first kappa shape index (κ1) is 16.4. The largest absolute Gasteiger partial charge is 0.394 e. The van der Waals surface area contributed by atoms with E-state index in [1.807, 2.05) is 0 Å². The Bertz CT molecular complexity index is 534. The van der Waals surface area contributed by atoms with Crippen molar-refractivity contribution in [1.29, 1.82) is 0 Å². The van der Waals surface area contributed by atoms with Gasteiger partial charge in [-0.1, -0.05) is 11.6 Å². The molecule has 1 aliphatic heterocycles. The zero-order valence-electron chi connectivity index (χ0n) is 10.9. The topological polar surface area (TPSA) is 108 Å². The number of halogens is 1. The van der Waals surface area contributed by atoms with Crippen LogP contribution < -0.4 is 5.32 Å². The van der Waals surface area contributed by atoms with E-state index in [0.29, 0.717) is 5.13 Å². The predicted molar refractivity (Wildman–Crippen MR) is 75.6 cm³/mol. The molecular weight excluding hydrogens is 322 g/mol. The number of thiazole rings is 1. The summed E-state index contributed by atoms with van der Waals surface area (Å²) < 4.78 is 10.5. The number of nitrogens with zero attached hydrogens (tertiary/aromatic N) is 2. The molecule has 5 atom stereocenters. The SMILES string of the molecule is [C-]#[N+]c1sc(N[C@H]2[C@@H](OC)O[C@H](CO)[C@H](O)[C@@H]2O)nc1Cl. The molecule has 4 N–H and O–H groups in total. The van der Waals surface area contributed by atoms with Gasteiger partial charge >= 0.3 is 0 Å². The van der Waals surface area contributed by atoms with Crippen molar-refractivity contribution in [2.24, 2.45) is 0 Å². The molecule has 1 aromatic heterocycles. The monoisotopic (exact) mass is 335 g/mol. The molecule has 0 aromatic carbocycles. The molecule has 1 aromatic rings. The van der Waals surface area contributed by atoms with Crippen molar-refractivity contribution in [2.45, 2.75) is 30.6 Å². The van der Waals surface area contributed by atoms with Crippen LogP contribution in [0.5, 0.6) is 0 Å². The van der Waals surface area contributed by atoms with Crippen LogP contribution >= 0.6 is 22.9 Å². The average Bonchev–Trinajstić information content (AvgIpc) is 2.84. The molecule has 1 aliphatic rings. The van der Waals surface area contributed by atoms with E-state index in [1.165, 1.54) is 7.11 Å². The highest BCUT2D eigenvalue weighted by atomic mass is 35.5. The molecule has 0 amide bonds. The van der Waals surface area contributed by atoms with Crippen LogP contribution in [0.15, 0.2) is 0 Å².